The third kappa shape index (κ3) is 4.80. The molecule has 1 heterocycles. The third-order valence-electron chi connectivity index (χ3n) is 8.27. The van der Waals surface area contributed by atoms with Gasteiger partial charge in [-0.3, -0.25) is 0 Å². The summed E-state index contributed by atoms with van der Waals surface area (Å²) in [6.45, 7) is 2.28. The second kappa shape index (κ2) is 11.6. The topological polar surface area (TPSA) is 13.1 Å². The van der Waals surface area contributed by atoms with Gasteiger partial charge in [-0.25, -0.2) is 4.84 Å². The van der Waals surface area contributed by atoms with E-state index in [9.17, 15) is 0 Å². The van der Waals surface area contributed by atoms with Crippen molar-refractivity contribution < 1.29 is 9.57 Å². The van der Waals surface area contributed by atoms with Crippen LogP contribution in [-0.4, -0.2) is 6.15 Å². The van der Waals surface area contributed by atoms with Gasteiger partial charge >= 0.3 is 0 Å². The quantitative estimate of drug-likeness (QED) is 0.150. The number of pyridine rings is 1. The molecule has 0 amide bonds. The van der Waals surface area contributed by atoms with Crippen LogP contribution in [0.25, 0.3) is 22.0 Å². The molecule has 0 aliphatic heterocycles. The van der Waals surface area contributed by atoms with Crippen molar-refractivity contribution in [2.24, 2.45) is 0 Å². The molecule has 196 valence electrons. The van der Waals surface area contributed by atoms with Crippen LogP contribution < -0.4 is 26.0 Å². The zero-order valence-corrected chi connectivity index (χ0v) is 23.0. The first-order valence-electron chi connectivity index (χ1n) is 14.4. The van der Waals surface area contributed by atoms with Crippen LogP contribution in [-0.2, 0) is 0 Å². The lowest BCUT2D eigenvalue weighted by atomic mass is 9.13. The molecule has 0 N–H and O–H groups in total. The van der Waals surface area contributed by atoms with Crippen molar-refractivity contribution in [1.82, 2.24) is 0 Å². The first-order chi connectivity index (χ1) is 19.8. The van der Waals surface area contributed by atoms with Gasteiger partial charge in [0.2, 0.25) is 11.9 Å². The molecule has 5 aromatic carbocycles. The maximum absolute atomic E-state index is 6.66. The van der Waals surface area contributed by atoms with Gasteiger partial charge in [0.05, 0.1) is 6.15 Å². The predicted molar refractivity (Wildman–Crippen MR) is 169 cm³/mol. The molecule has 3 heteroatoms. The van der Waals surface area contributed by atoms with Gasteiger partial charge in [-0.2, -0.15) is 22.7 Å². The lowest BCUT2D eigenvalue weighted by Crippen LogP contribution is -2.67. The minimum atomic E-state index is -1.25. The summed E-state index contributed by atoms with van der Waals surface area (Å²) in [5.74, 6) is 0.835. The average Bonchev–Trinajstić information content (AvgIpc) is 3.03. The Balaban J connectivity index is 1.57. The molecule has 6 aromatic rings. The van der Waals surface area contributed by atoms with Crippen LogP contribution in [0, 0.1) is 0 Å². The second-order valence-corrected chi connectivity index (χ2v) is 10.6. The molecule has 0 atom stereocenters. The molecule has 0 bridgehead atoms. The Kier molecular flexibility index (Phi) is 7.46. The zero-order chi connectivity index (χ0) is 27.2. The van der Waals surface area contributed by atoms with Crippen molar-refractivity contribution in [3.05, 3.63) is 152 Å². The van der Waals surface area contributed by atoms with Gasteiger partial charge in [0.1, 0.15) is 0 Å². The van der Waals surface area contributed by atoms with Gasteiger partial charge in [-0.1, -0.05) is 141 Å². The molecule has 0 aliphatic rings. The Morgan fingerprint density at radius 1 is 0.600 bits per heavy atom. The van der Waals surface area contributed by atoms with Crippen LogP contribution >= 0.6 is 0 Å². The van der Waals surface area contributed by atoms with Crippen molar-refractivity contribution in [3.8, 4) is 17.0 Å². The largest absolute Gasteiger partial charge is 0.262 e. The van der Waals surface area contributed by atoms with Crippen LogP contribution in [0.3, 0.4) is 0 Å². The maximum Gasteiger partial charge on any atom is 0.262 e. The molecule has 0 fully saturated rings. The van der Waals surface area contributed by atoms with E-state index >= 15 is 0 Å². The van der Waals surface area contributed by atoms with Crippen molar-refractivity contribution >= 4 is 33.3 Å². The molecule has 2 nitrogen and oxygen atoms in total. The number of hydrogen-bond donors (Lipinski definition) is 0. The Labute approximate surface area is 237 Å². The number of aromatic nitrogens is 1. The summed E-state index contributed by atoms with van der Waals surface area (Å²) >= 11 is 0. The van der Waals surface area contributed by atoms with Crippen LogP contribution in [0.4, 0.5) is 0 Å². The number of nitrogens with zero attached hydrogens (tertiary/aromatic N) is 1. The molecule has 0 saturated carbocycles. The molecule has 0 saturated heterocycles. The highest BCUT2D eigenvalue weighted by Gasteiger charge is 2.33. The monoisotopic (exact) mass is 519 g/mol. The van der Waals surface area contributed by atoms with E-state index in [0.29, 0.717) is 0 Å². The van der Waals surface area contributed by atoms with E-state index in [0.717, 1.165) is 41.4 Å². The number of unbranched alkanes of at least 4 members (excludes halogenated alkanes) is 1. The molecular formula is C37H34BNO. The smallest absolute Gasteiger partial charge is 0.230 e. The molecule has 40 heavy (non-hydrogen) atoms. The van der Waals surface area contributed by atoms with E-state index in [1.54, 1.807) is 0 Å². The Morgan fingerprint density at radius 3 is 1.98 bits per heavy atom. The summed E-state index contributed by atoms with van der Waals surface area (Å²) in [5, 5.41) is 2.25. The van der Waals surface area contributed by atoms with E-state index in [2.05, 4.69) is 140 Å². The van der Waals surface area contributed by atoms with Crippen LogP contribution in [0.15, 0.2) is 152 Å². The summed E-state index contributed by atoms with van der Waals surface area (Å²) in [6, 6.07) is 52.0. The van der Waals surface area contributed by atoms with E-state index in [1.807, 2.05) is 23.1 Å². The van der Waals surface area contributed by atoms with Crippen LogP contribution in [0.1, 0.15) is 19.8 Å². The van der Waals surface area contributed by atoms with Gasteiger partial charge < -0.3 is 0 Å². The number of hydrogen-bond acceptors (Lipinski definition) is 1. The molecular weight excluding hydrogens is 485 g/mol. The molecule has 6 rings (SSSR count). The van der Waals surface area contributed by atoms with Gasteiger partial charge in [-0.05, 0) is 17.5 Å². The fourth-order valence-electron chi connectivity index (χ4n) is 6.37. The van der Waals surface area contributed by atoms with Crippen LogP contribution in [0.2, 0.25) is 6.32 Å². The highest BCUT2D eigenvalue weighted by Crippen LogP contribution is 2.26. The minimum Gasteiger partial charge on any atom is -0.230 e. The highest BCUT2D eigenvalue weighted by molar-refractivity contribution is 7.12. The summed E-state index contributed by atoms with van der Waals surface area (Å²) in [7, 11) is 0. The standard InChI is InChI=1S/C37H34BNO/c1-2-3-28-38(31-19-6-4-7-20-31,32-21-8-5-9-22-32)35-25-13-12-24-34(35)36-26-14-15-29-39(36)40-37-27-16-18-30-17-10-11-23-33(30)37/h4-27,29H,2-3,28H2,1H3. The summed E-state index contributed by atoms with van der Waals surface area (Å²) in [5.41, 5.74) is 6.29. The second-order valence-electron chi connectivity index (χ2n) is 10.6. The van der Waals surface area contributed by atoms with E-state index < -0.39 is 6.15 Å². The maximum atomic E-state index is 6.66. The molecule has 0 aliphatic carbocycles. The van der Waals surface area contributed by atoms with Gasteiger partial charge in [0.15, 0.2) is 0 Å². The Bertz CT molecular complexity index is 1670. The number of rotatable bonds is 9. The SMILES string of the molecule is CCCC[B-](c1ccccc1)(c1ccccc1)c1ccccc1-c1cccc[n+]1Oc1cccc2ccccc12. The fourth-order valence-corrected chi connectivity index (χ4v) is 6.37. The number of fused-ring (bicyclic) bond motifs is 1. The van der Waals surface area contributed by atoms with E-state index in [1.165, 1.54) is 22.0 Å². The molecule has 0 unspecified atom stereocenters. The lowest BCUT2D eigenvalue weighted by molar-refractivity contribution is -0.866. The molecule has 1 aromatic heterocycles. The first-order valence-corrected chi connectivity index (χ1v) is 14.4. The fraction of sp³-hybridized carbons (Fsp3) is 0.108. The van der Waals surface area contributed by atoms with Gasteiger partial charge in [0.25, 0.3) is 5.69 Å². The van der Waals surface area contributed by atoms with Crippen molar-refractivity contribution in [2.75, 3.05) is 0 Å². The number of benzene rings is 5. The Hall–Kier alpha value is -4.63. The van der Waals surface area contributed by atoms with Crippen molar-refractivity contribution in [3.63, 3.8) is 0 Å². The van der Waals surface area contributed by atoms with Crippen LogP contribution in [0.5, 0.6) is 5.75 Å². The first kappa shape index (κ1) is 25.6. The minimum absolute atomic E-state index is 0.835. The zero-order valence-electron chi connectivity index (χ0n) is 23.0. The third-order valence-corrected chi connectivity index (χ3v) is 8.27. The Morgan fingerprint density at radius 2 is 1.23 bits per heavy atom. The summed E-state index contributed by atoms with van der Waals surface area (Å²) in [6.07, 6.45) is 4.11. The normalized spacial score (nSPS) is 11.4. The van der Waals surface area contributed by atoms with Gasteiger partial charge in [0, 0.05) is 27.8 Å². The summed E-state index contributed by atoms with van der Waals surface area (Å²) in [4.78, 5) is 6.66. The van der Waals surface area contributed by atoms with Gasteiger partial charge in [-0.15, -0.1) is 0 Å². The average molecular weight is 519 g/mol. The van der Waals surface area contributed by atoms with Crippen molar-refractivity contribution in [1.29, 1.82) is 0 Å². The molecule has 0 radical (unpaired) electrons. The molecule has 0 spiro atoms. The predicted octanol–water partition coefficient (Wildman–Crippen LogP) is 6.91. The van der Waals surface area contributed by atoms with E-state index in [-0.39, 0.29) is 0 Å². The van der Waals surface area contributed by atoms with E-state index in [4.69, 9.17) is 4.84 Å². The van der Waals surface area contributed by atoms with Crippen molar-refractivity contribution in [2.45, 2.75) is 26.1 Å². The highest BCUT2D eigenvalue weighted by atomic mass is 16.7. The lowest BCUT2D eigenvalue weighted by Gasteiger charge is -2.44. The summed E-state index contributed by atoms with van der Waals surface area (Å²) < 4.78 is 1.93.